The largest absolute Gasteiger partial charge is 0.335 e. The van der Waals surface area contributed by atoms with Crippen LogP contribution in [0.2, 0.25) is 0 Å². The van der Waals surface area contributed by atoms with Crippen molar-refractivity contribution in [3.63, 3.8) is 0 Å². The first-order valence-corrected chi connectivity index (χ1v) is 11.7. The molecule has 30 heavy (non-hydrogen) atoms. The molecule has 3 aromatic rings. The highest BCUT2D eigenvalue weighted by Gasteiger charge is 2.30. The van der Waals surface area contributed by atoms with Crippen LogP contribution in [0.4, 0.5) is 0 Å². The van der Waals surface area contributed by atoms with Crippen molar-refractivity contribution in [2.24, 2.45) is 0 Å². The summed E-state index contributed by atoms with van der Waals surface area (Å²) in [5, 5.41) is 0.762. The highest BCUT2D eigenvalue weighted by Crippen LogP contribution is 2.29. The Morgan fingerprint density at radius 1 is 0.933 bits per heavy atom. The molecule has 2 aromatic carbocycles. The van der Waals surface area contributed by atoms with Crippen molar-refractivity contribution in [1.82, 2.24) is 13.8 Å². The molecule has 1 aliphatic rings. The average molecular weight is 426 g/mol. The van der Waals surface area contributed by atoms with Gasteiger partial charge in [-0.15, -0.1) is 0 Å². The first-order chi connectivity index (χ1) is 14.3. The lowest BCUT2D eigenvalue weighted by atomic mass is 10.0. The summed E-state index contributed by atoms with van der Waals surface area (Å²) >= 11 is 0. The van der Waals surface area contributed by atoms with Gasteiger partial charge in [-0.3, -0.25) is 4.79 Å². The topological polar surface area (TPSA) is 62.6 Å². The molecule has 6 nitrogen and oxygen atoms in total. The number of rotatable bonds is 4. The Bertz CT molecular complexity index is 1180. The molecule has 1 amide bonds. The number of carbonyl (C=O) groups is 1. The van der Waals surface area contributed by atoms with Gasteiger partial charge in [-0.25, -0.2) is 12.4 Å². The highest BCUT2D eigenvalue weighted by atomic mass is 32.2. The lowest BCUT2D eigenvalue weighted by molar-refractivity contribution is 0.0657. The number of aromatic nitrogens is 1. The second kappa shape index (κ2) is 7.89. The van der Waals surface area contributed by atoms with Crippen molar-refractivity contribution in [2.75, 3.05) is 33.2 Å². The van der Waals surface area contributed by atoms with Gasteiger partial charge in [-0.05, 0) is 48.9 Å². The van der Waals surface area contributed by atoms with E-state index in [0.717, 1.165) is 24.0 Å². The number of amides is 1. The van der Waals surface area contributed by atoms with Crippen molar-refractivity contribution in [2.45, 2.75) is 24.7 Å². The Morgan fingerprint density at radius 2 is 1.60 bits per heavy atom. The van der Waals surface area contributed by atoms with E-state index < -0.39 is 10.0 Å². The fourth-order valence-electron chi connectivity index (χ4n) is 3.85. The Morgan fingerprint density at radius 3 is 2.23 bits per heavy atom. The van der Waals surface area contributed by atoms with Crippen molar-refractivity contribution in [3.8, 4) is 0 Å². The maximum atomic E-state index is 13.6. The number of piperazine rings is 1. The quantitative estimate of drug-likeness (QED) is 0.643. The zero-order valence-corrected chi connectivity index (χ0v) is 18.4. The summed E-state index contributed by atoms with van der Waals surface area (Å²) in [4.78, 5) is 17.5. The molecule has 0 spiro atoms. The first-order valence-electron chi connectivity index (χ1n) is 10.2. The van der Waals surface area contributed by atoms with Gasteiger partial charge in [0.25, 0.3) is 15.9 Å². The maximum absolute atomic E-state index is 13.6. The number of carbonyl (C=O) groups excluding carboxylic acids is 1. The predicted octanol–water partition coefficient (Wildman–Crippen LogP) is 3.39. The first kappa shape index (κ1) is 20.6. The SMILES string of the molecule is CC(C)c1ccc2c(c1)cc(C(=O)N1CCN(C)CC1)n2S(=O)(=O)c1ccccc1. The van der Waals surface area contributed by atoms with Gasteiger partial charge in [-0.2, -0.15) is 0 Å². The number of benzene rings is 2. The molecule has 1 aliphatic heterocycles. The Labute approximate surface area is 177 Å². The average Bonchev–Trinajstić information content (AvgIpc) is 3.14. The molecule has 0 saturated carbocycles. The second-order valence-electron chi connectivity index (χ2n) is 8.18. The molecule has 7 heteroatoms. The molecule has 1 fully saturated rings. The Hall–Kier alpha value is -2.64. The smallest absolute Gasteiger partial charge is 0.271 e. The molecule has 0 bridgehead atoms. The van der Waals surface area contributed by atoms with Crippen LogP contribution in [0, 0.1) is 0 Å². The van der Waals surface area contributed by atoms with Gasteiger partial charge in [-0.1, -0.05) is 38.1 Å². The van der Waals surface area contributed by atoms with E-state index in [4.69, 9.17) is 0 Å². The molecular weight excluding hydrogens is 398 g/mol. The third-order valence-electron chi connectivity index (χ3n) is 5.74. The molecule has 2 heterocycles. The van der Waals surface area contributed by atoms with Crippen LogP contribution >= 0.6 is 0 Å². The minimum atomic E-state index is -3.92. The van der Waals surface area contributed by atoms with Crippen LogP contribution in [0.3, 0.4) is 0 Å². The van der Waals surface area contributed by atoms with E-state index in [1.54, 1.807) is 41.3 Å². The Kier molecular flexibility index (Phi) is 5.42. The maximum Gasteiger partial charge on any atom is 0.271 e. The number of hydrogen-bond acceptors (Lipinski definition) is 4. The minimum absolute atomic E-state index is 0.169. The molecule has 0 aliphatic carbocycles. The van der Waals surface area contributed by atoms with Gasteiger partial charge in [0, 0.05) is 31.6 Å². The number of nitrogens with zero attached hydrogens (tertiary/aromatic N) is 3. The fourth-order valence-corrected chi connectivity index (χ4v) is 5.37. The van der Waals surface area contributed by atoms with Gasteiger partial charge >= 0.3 is 0 Å². The zero-order valence-electron chi connectivity index (χ0n) is 17.6. The van der Waals surface area contributed by atoms with Crippen LogP contribution in [-0.2, 0) is 10.0 Å². The van der Waals surface area contributed by atoms with Crippen LogP contribution in [-0.4, -0.2) is 61.3 Å². The molecular formula is C23H27N3O3S. The van der Waals surface area contributed by atoms with E-state index in [1.165, 1.54) is 3.97 Å². The summed E-state index contributed by atoms with van der Waals surface area (Å²) in [6.07, 6.45) is 0. The summed E-state index contributed by atoms with van der Waals surface area (Å²) < 4.78 is 28.4. The molecule has 1 saturated heterocycles. The minimum Gasteiger partial charge on any atom is -0.335 e. The summed E-state index contributed by atoms with van der Waals surface area (Å²) in [5.74, 6) is 0.0603. The molecule has 0 N–H and O–H groups in total. The van der Waals surface area contributed by atoms with E-state index >= 15 is 0 Å². The standard InChI is InChI=1S/C23H27N3O3S/c1-17(2)18-9-10-21-19(15-18)16-22(23(27)25-13-11-24(3)12-14-25)26(21)30(28,29)20-7-5-4-6-8-20/h4-10,15-17H,11-14H2,1-3H3. The second-order valence-corrected chi connectivity index (χ2v) is 9.97. The van der Waals surface area contributed by atoms with E-state index in [2.05, 4.69) is 18.7 Å². The third kappa shape index (κ3) is 3.63. The normalized spacial score (nSPS) is 15.8. The lowest BCUT2D eigenvalue weighted by Crippen LogP contribution is -2.47. The van der Waals surface area contributed by atoms with Gasteiger partial charge < -0.3 is 9.80 Å². The molecule has 0 unspecified atom stereocenters. The number of likely N-dealkylation sites (N-methyl/N-ethyl adjacent to an activating group) is 1. The van der Waals surface area contributed by atoms with E-state index in [-0.39, 0.29) is 16.5 Å². The van der Waals surface area contributed by atoms with Gasteiger partial charge in [0.2, 0.25) is 0 Å². The Balaban J connectivity index is 1.90. The lowest BCUT2D eigenvalue weighted by Gasteiger charge is -2.32. The van der Waals surface area contributed by atoms with Crippen LogP contribution in [0.5, 0.6) is 0 Å². The van der Waals surface area contributed by atoms with Crippen molar-refractivity contribution in [1.29, 1.82) is 0 Å². The molecule has 0 atom stereocenters. The summed E-state index contributed by atoms with van der Waals surface area (Å²) in [5.41, 5.74) is 1.83. The molecule has 0 radical (unpaired) electrons. The summed E-state index contributed by atoms with van der Waals surface area (Å²) in [7, 11) is -1.90. The summed E-state index contributed by atoms with van der Waals surface area (Å²) in [6, 6.07) is 15.7. The molecule has 1 aromatic heterocycles. The van der Waals surface area contributed by atoms with Gasteiger partial charge in [0.1, 0.15) is 5.69 Å². The number of hydrogen-bond donors (Lipinski definition) is 0. The number of fused-ring (bicyclic) bond motifs is 1. The van der Waals surface area contributed by atoms with Crippen molar-refractivity contribution >= 4 is 26.8 Å². The van der Waals surface area contributed by atoms with Crippen LogP contribution < -0.4 is 0 Å². The predicted molar refractivity (Wildman–Crippen MR) is 118 cm³/mol. The van der Waals surface area contributed by atoms with E-state index in [0.29, 0.717) is 24.5 Å². The van der Waals surface area contributed by atoms with Crippen molar-refractivity contribution in [3.05, 3.63) is 65.9 Å². The van der Waals surface area contributed by atoms with E-state index in [1.807, 2.05) is 25.2 Å². The van der Waals surface area contributed by atoms with Crippen LogP contribution in [0.25, 0.3) is 10.9 Å². The van der Waals surface area contributed by atoms with Crippen molar-refractivity contribution < 1.29 is 13.2 Å². The summed E-state index contributed by atoms with van der Waals surface area (Å²) in [6.45, 7) is 6.90. The third-order valence-corrected chi connectivity index (χ3v) is 7.48. The molecule has 4 rings (SSSR count). The highest BCUT2D eigenvalue weighted by molar-refractivity contribution is 7.90. The van der Waals surface area contributed by atoms with Gasteiger partial charge in [0.05, 0.1) is 10.4 Å². The fraction of sp³-hybridized carbons (Fsp3) is 0.348. The monoisotopic (exact) mass is 425 g/mol. The van der Waals surface area contributed by atoms with Gasteiger partial charge in [0.15, 0.2) is 0 Å². The van der Waals surface area contributed by atoms with Crippen LogP contribution in [0.1, 0.15) is 35.8 Å². The van der Waals surface area contributed by atoms with Crippen LogP contribution in [0.15, 0.2) is 59.5 Å². The zero-order chi connectivity index (χ0) is 21.5. The van der Waals surface area contributed by atoms with E-state index in [9.17, 15) is 13.2 Å². The molecule has 158 valence electrons.